The maximum absolute atomic E-state index is 11.2. The fraction of sp³-hybridized carbons (Fsp3) is 0. The summed E-state index contributed by atoms with van der Waals surface area (Å²) >= 11 is 6.54. The number of benzene rings is 2. The van der Waals surface area contributed by atoms with Crippen molar-refractivity contribution in [2.24, 2.45) is 10.1 Å². The molecule has 0 saturated heterocycles. The third-order valence-corrected chi connectivity index (χ3v) is 5.55. The van der Waals surface area contributed by atoms with Crippen molar-refractivity contribution in [3.63, 3.8) is 0 Å². The molecule has 9 heteroatoms. The minimum absolute atomic E-state index is 0.00565. The zero-order chi connectivity index (χ0) is 18.0. The summed E-state index contributed by atoms with van der Waals surface area (Å²) in [6.45, 7) is 0. The standard InChI is InChI=1S/C16H13N3O3S3/c17-25(21,22)13-8-6-11(7-9-13)18-10-14-15(20)19(16(23)24-14)12-4-2-1-3-5-12/h1-10,20H,(H2,17,21,22). The molecular weight excluding hydrogens is 378 g/mol. The van der Waals surface area contributed by atoms with Gasteiger partial charge in [0.15, 0.2) is 3.95 Å². The molecule has 0 atom stereocenters. The number of aromatic nitrogens is 1. The number of aromatic hydroxyl groups is 1. The van der Waals surface area contributed by atoms with Gasteiger partial charge in [-0.3, -0.25) is 9.56 Å². The molecule has 1 aromatic heterocycles. The molecule has 3 rings (SSSR count). The summed E-state index contributed by atoms with van der Waals surface area (Å²) < 4.78 is 24.5. The van der Waals surface area contributed by atoms with Crippen molar-refractivity contribution < 1.29 is 13.5 Å². The number of nitrogens with two attached hydrogens (primary N) is 1. The normalized spacial score (nSPS) is 11.9. The molecule has 0 fully saturated rings. The lowest BCUT2D eigenvalue weighted by atomic mass is 10.3. The average molecular weight is 391 g/mol. The Bertz CT molecular complexity index is 1080. The summed E-state index contributed by atoms with van der Waals surface area (Å²) in [6.07, 6.45) is 1.49. The van der Waals surface area contributed by atoms with Crippen LogP contribution in [0.25, 0.3) is 5.69 Å². The summed E-state index contributed by atoms with van der Waals surface area (Å²) in [4.78, 5) is 4.76. The van der Waals surface area contributed by atoms with Gasteiger partial charge in [0.05, 0.1) is 22.5 Å². The van der Waals surface area contributed by atoms with E-state index in [9.17, 15) is 13.5 Å². The van der Waals surface area contributed by atoms with Crippen molar-refractivity contribution in [3.8, 4) is 11.6 Å². The highest BCUT2D eigenvalue weighted by atomic mass is 32.2. The number of sulfonamides is 1. The molecule has 0 bridgehead atoms. The number of aliphatic imine (C=N–C) groups is 1. The van der Waals surface area contributed by atoms with Crippen molar-refractivity contribution in [3.05, 3.63) is 63.4 Å². The van der Waals surface area contributed by atoms with E-state index in [0.717, 1.165) is 5.69 Å². The third kappa shape index (κ3) is 3.85. The molecule has 2 aromatic carbocycles. The molecule has 6 nitrogen and oxygen atoms in total. The van der Waals surface area contributed by atoms with Crippen LogP contribution in [0.1, 0.15) is 4.88 Å². The molecular formula is C16H13N3O3S3. The Labute approximate surface area is 153 Å². The Morgan fingerprint density at radius 3 is 2.36 bits per heavy atom. The van der Waals surface area contributed by atoms with Crippen LogP contribution in [-0.2, 0) is 10.0 Å². The second kappa shape index (κ2) is 6.89. The second-order valence-electron chi connectivity index (χ2n) is 5.02. The van der Waals surface area contributed by atoms with Gasteiger partial charge in [0.25, 0.3) is 0 Å². The van der Waals surface area contributed by atoms with Crippen LogP contribution in [0.4, 0.5) is 5.69 Å². The van der Waals surface area contributed by atoms with Crippen LogP contribution in [0, 0.1) is 3.95 Å². The largest absolute Gasteiger partial charge is 0.493 e. The molecule has 0 radical (unpaired) electrons. The first-order valence-electron chi connectivity index (χ1n) is 7.03. The smallest absolute Gasteiger partial charge is 0.238 e. The van der Waals surface area contributed by atoms with Crippen molar-refractivity contribution in [1.82, 2.24) is 4.57 Å². The Balaban J connectivity index is 1.91. The first-order valence-corrected chi connectivity index (χ1v) is 9.80. The number of primary sulfonamides is 1. The molecule has 0 aliphatic carbocycles. The molecule has 25 heavy (non-hydrogen) atoms. The predicted molar refractivity (Wildman–Crippen MR) is 101 cm³/mol. The number of nitrogens with zero attached hydrogens (tertiary/aromatic N) is 2. The van der Waals surface area contributed by atoms with E-state index in [4.69, 9.17) is 17.4 Å². The summed E-state index contributed by atoms with van der Waals surface area (Å²) in [5.74, 6) is 0.00565. The molecule has 128 valence electrons. The van der Waals surface area contributed by atoms with E-state index in [1.807, 2.05) is 30.3 Å². The van der Waals surface area contributed by atoms with Gasteiger partial charge in [0.2, 0.25) is 15.9 Å². The van der Waals surface area contributed by atoms with Gasteiger partial charge >= 0.3 is 0 Å². The van der Waals surface area contributed by atoms with Crippen LogP contribution in [0.3, 0.4) is 0 Å². The monoisotopic (exact) mass is 391 g/mol. The van der Waals surface area contributed by atoms with Crippen LogP contribution in [0.2, 0.25) is 0 Å². The summed E-state index contributed by atoms with van der Waals surface area (Å²) in [5.41, 5.74) is 1.29. The minimum Gasteiger partial charge on any atom is -0.493 e. The summed E-state index contributed by atoms with van der Waals surface area (Å²) in [7, 11) is -3.73. The van der Waals surface area contributed by atoms with E-state index in [1.54, 1.807) is 4.57 Å². The van der Waals surface area contributed by atoms with Crippen LogP contribution >= 0.6 is 23.6 Å². The first kappa shape index (κ1) is 17.5. The van der Waals surface area contributed by atoms with E-state index in [0.29, 0.717) is 14.5 Å². The van der Waals surface area contributed by atoms with Gasteiger partial charge in [-0.2, -0.15) is 0 Å². The third-order valence-electron chi connectivity index (χ3n) is 3.32. The van der Waals surface area contributed by atoms with E-state index in [2.05, 4.69) is 4.99 Å². The summed E-state index contributed by atoms with van der Waals surface area (Å²) in [5, 5.41) is 15.5. The van der Waals surface area contributed by atoms with Gasteiger partial charge in [-0.25, -0.2) is 13.6 Å². The number of rotatable bonds is 4. The molecule has 3 N–H and O–H groups in total. The quantitative estimate of drug-likeness (QED) is 0.526. The van der Waals surface area contributed by atoms with Crippen molar-refractivity contribution in [1.29, 1.82) is 0 Å². The number of para-hydroxylation sites is 1. The second-order valence-corrected chi connectivity index (χ2v) is 8.26. The van der Waals surface area contributed by atoms with Gasteiger partial charge in [-0.1, -0.05) is 29.5 Å². The van der Waals surface area contributed by atoms with Gasteiger partial charge in [-0.05, 0) is 48.6 Å². The van der Waals surface area contributed by atoms with E-state index in [-0.39, 0.29) is 10.8 Å². The van der Waals surface area contributed by atoms with Crippen LogP contribution in [0.5, 0.6) is 5.88 Å². The van der Waals surface area contributed by atoms with E-state index >= 15 is 0 Å². The van der Waals surface area contributed by atoms with Crippen LogP contribution < -0.4 is 5.14 Å². The van der Waals surface area contributed by atoms with E-state index in [1.165, 1.54) is 41.8 Å². The maximum atomic E-state index is 11.2. The molecule has 0 amide bonds. The van der Waals surface area contributed by atoms with Gasteiger partial charge in [0.1, 0.15) is 4.88 Å². The maximum Gasteiger partial charge on any atom is 0.238 e. The molecule has 3 aromatic rings. The molecule has 1 heterocycles. The lowest BCUT2D eigenvalue weighted by molar-refractivity contribution is 0.441. The number of hydrogen-bond donors (Lipinski definition) is 2. The van der Waals surface area contributed by atoms with Crippen LogP contribution in [0.15, 0.2) is 64.5 Å². The highest BCUT2D eigenvalue weighted by Gasteiger charge is 2.12. The Morgan fingerprint density at radius 1 is 1.12 bits per heavy atom. The fourth-order valence-electron chi connectivity index (χ4n) is 2.13. The topological polar surface area (TPSA) is 97.7 Å². The van der Waals surface area contributed by atoms with Crippen molar-refractivity contribution in [2.75, 3.05) is 0 Å². The highest BCUT2D eigenvalue weighted by Crippen LogP contribution is 2.28. The Morgan fingerprint density at radius 2 is 1.76 bits per heavy atom. The Kier molecular flexibility index (Phi) is 4.82. The fourth-order valence-corrected chi connectivity index (χ4v) is 3.86. The molecule has 0 aliphatic rings. The number of hydrogen-bond acceptors (Lipinski definition) is 6. The lowest BCUT2D eigenvalue weighted by Gasteiger charge is -2.03. The molecule has 0 saturated carbocycles. The zero-order valence-corrected chi connectivity index (χ0v) is 15.2. The van der Waals surface area contributed by atoms with Crippen molar-refractivity contribution >= 4 is 45.5 Å². The average Bonchev–Trinajstić information content (AvgIpc) is 2.87. The Hall–Kier alpha value is -2.33. The van der Waals surface area contributed by atoms with Crippen molar-refractivity contribution in [2.45, 2.75) is 4.90 Å². The summed E-state index contributed by atoms with van der Waals surface area (Å²) in [6, 6.07) is 15.1. The molecule has 0 aliphatic heterocycles. The predicted octanol–water partition coefficient (Wildman–Crippen LogP) is 3.37. The highest BCUT2D eigenvalue weighted by molar-refractivity contribution is 7.89. The first-order chi connectivity index (χ1) is 11.9. The van der Waals surface area contributed by atoms with E-state index < -0.39 is 10.0 Å². The number of thiazole rings is 1. The lowest BCUT2D eigenvalue weighted by Crippen LogP contribution is -2.11. The molecule has 0 unspecified atom stereocenters. The van der Waals surface area contributed by atoms with Crippen LogP contribution in [-0.4, -0.2) is 24.3 Å². The minimum atomic E-state index is -3.73. The SMILES string of the molecule is NS(=O)(=O)c1ccc(N=Cc2sc(=S)n(-c3ccccc3)c2O)cc1. The van der Waals surface area contributed by atoms with Gasteiger partial charge in [0, 0.05) is 0 Å². The zero-order valence-electron chi connectivity index (χ0n) is 12.7. The molecule has 0 spiro atoms. The van der Waals surface area contributed by atoms with Gasteiger partial charge < -0.3 is 5.11 Å². The van der Waals surface area contributed by atoms with Gasteiger partial charge in [-0.15, -0.1) is 0 Å².